The lowest BCUT2D eigenvalue weighted by Crippen LogP contribution is -1.93. The number of aryl methyl sites for hydroxylation is 1. The molecule has 0 amide bonds. The number of hydrogen-bond acceptors (Lipinski definition) is 4. The molecule has 0 saturated carbocycles. The second-order valence-electron chi connectivity index (χ2n) is 6.96. The highest BCUT2D eigenvalue weighted by Crippen LogP contribution is 2.27. The summed E-state index contributed by atoms with van der Waals surface area (Å²) in [5.74, 6) is 0.521. The molecular weight excluding hydrogens is 362 g/mol. The second-order valence-corrected chi connectivity index (χ2v) is 6.96. The first-order valence-corrected chi connectivity index (χ1v) is 9.43. The van der Waals surface area contributed by atoms with Gasteiger partial charge in [-0.25, -0.2) is 0 Å². The third-order valence-electron chi connectivity index (χ3n) is 4.92. The summed E-state index contributed by atoms with van der Waals surface area (Å²) in [5.41, 5.74) is 4.91. The predicted molar refractivity (Wildman–Crippen MR) is 114 cm³/mol. The number of oxime groups is 1. The van der Waals surface area contributed by atoms with Crippen molar-refractivity contribution in [2.75, 3.05) is 0 Å². The van der Waals surface area contributed by atoms with Crippen molar-refractivity contribution in [1.82, 2.24) is 9.38 Å². The molecule has 5 aromatic rings. The van der Waals surface area contributed by atoms with Gasteiger partial charge in [0.2, 0.25) is 0 Å². The SMILES string of the molecule is Cc1ccc(CO/N=C/c2c(-c3ccc4ccccc4c3)nc3occn23)cc1. The first kappa shape index (κ1) is 17.3. The lowest BCUT2D eigenvalue weighted by atomic mass is 10.0. The van der Waals surface area contributed by atoms with E-state index in [4.69, 9.17) is 9.25 Å². The molecule has 0 atom stereocenters. The van der Waals surface area contributed by atoms with Gasteiger partial charge in [-0.2, -0.15) is 4.98 Å². The van der Waals surface area contributed by atoms with Crippen LogP contribution in [0, 0.1) is 6.92 Å². The molecule has 5 heteroatoms. The Morgan fingerprint density at radius 3 is 2.72 bits per heavy atom. The lowest BCUT2D eigenvalue weighted by Gasteiger charge is -2.03. The fourth-order valence-electron chi connectivity index (χ4n) is 3.36. The van der Waals surface area contributed by atoms with Crippen LogP contribution < -0.4 is 0 Å². The Bertz CT molecular complexity index is 1310. The number of aromatic nitrogens is 2. The number of fused-ring (bicyclic) bond motifs is 2. The highest BCUT2D eigenvalue weighted by atomic mass is 16.6. The fourth-order valence-corrected chi connectivity index (χ4v) is 3.36. The van der Waals surface area contributed by atoms with Gasteiger partial charge in [-0.05, 0) is 29.3 Å². The highest BCUT2D eigenvalue weighted by molar-refractivity contribution is 5.92. The Morgan fingerprint density at radius 1 is 1.03 bits per heavy atom. The van der Waals surface area contributed by atoms with E-state index < -0.39 is 0 Å². The summed E-state index contributed by atoms with van der Waals surface area (Å²) in [6.07, 6.45) is 5.12. The van der Waals surface area contributed by atoms with E-state index >= 15 is 0 Å². The quantitative estimate of drug-likeness (QED) is 0.294. The van der Waals surface area contributed by atoms with E-state index in [-0.39, 0.29) is 0 Å². The standard InChI is InChI=1S/C24H19N3O2/c1-17-6-8-18(9-7-17)16-29-25-15-22-23(26-24-27(22)12-13-28-24)21-11-10-19-4-2-3-5-20(19)14-21/h2-15H,16H2,1H3/b25-15+. The Hall–Kier alpha value is -3.86. The van der Waals surface area contributed by atoms with E-state index in [1.54, 1.807) is 12.5 Å². The third-order valence-corrected chi connectivity index (χ3v) is 4.92. The number of rotatable bonds is 5. The second kappa shape index (κ2) is 7.28. The molecule has 0 aliphatic carbocycles. The minimum absolute atomic E-state index is 0.412. The molecule has 2 aromatic heterocycles. The van der Waals surface area contributed by atoms with E-state index in [1.807, 2.05) is 34.9 Å². The van der Waals surface area contributed by atoms with Crippen LogP contribution in [0.2, 0.25) is 0 Å². The predicted octanol–water partition coefficient (Wildman–Crippen LogP) is 5.61. The Kier molecular flexibility index (Phi) is 4.33. The summed E-state index contributed by atoms with van der Waals surface area (Å²) in [6, 6.07) is 22.8. The molecule has 3 aromatic carbocycles. The summed E-state index contributed by atoms with van der Waals surface area (Å²) in [6.45, 7) is 2.47. The first-order chi connectivity index (χ1) is 14.3. The largest absolute Gasteiger partial charge is 0.432 e. The molecule has 0 aliphatic heterocycles. The first-order valence-electron chi connectivity index (χ1n) is 9.43. The molecule has 142 valence electrons. The van der Waals surface area contributed by atoms with Crippen molar-refractivity contribution >= 4 is 22.8 Å². The maximum absolute atomic E-state index is 5.52. The molecule has 0 aliphatic rings. The van der Waals surface area contributed by atoms with Gasteiger partial charge in [0.1, 0.15) is 18.6 Å². The molecule has 5 nitrogen and oxygen atoms in total. The Labute approximate surface area is 167 Å². The highest BCUT2D eigenvalue weighted by Gasteiger charge is 2.15. The van der Waals surface area contributed by atoms with Crippen LogP contribution in [0.15, 0.2) is 88.8 Å². The van der Waals surface area contributed by atoms with Gasteiger partial charge >= 0.3 is 5.84 Å². The lowest BCUT2D eigenvalue weighted by molar-refractivity contribution is 0.132. The van der Waals surface area contributed by atoms with Gasteiger partial charge in [0.25, 0.3) is 0 Å². The van der Waals surface area contributed by atoms with Crippen LogP contribution in [0.3, 0.4) is 0 Å². The van der Waals surface area contributed by atoms with Crippen molar-refractivity contribution in [2.24, 2.45) is 5.16 Å². The van der Waals surface area contributed by atoms with Gasteiger partial charge in [0.15, 0.2) is 0 Å². The fraction of sp³-hybridized carbons (Fsp3) is 0.0833. The average molecular weight is 381 g/mol. The average Bonchev–Trinajstić information content (AvgIpc) is 3.34. The van der Waals surface area contributed by atoms with Crippen LogP contribution in [0.4, 0.5) is 0 Å². The van der Waals surface area contributed by atoms with Crippen LogP contribution in [-0.2, 0) is 11.4 Å². The Balaban J connectivity index is 1.46. The van der Waals surface area contributed by atoms with Crippen LogP contribution in [-0.4, -0.2) is 15.6 Å². The normalized spacial score (nSPS) is 11.6. The molecule has 5 rings (SSSR count). The minimum atomic E-state index is 0.412. The van der Waals surface area contributed by atoms with Crippen molar-refractivity contribution in [1.29, 1.82) is 0 Å². The summed E-state index contributed by atoms with van der Waals surface area (Å²) in [5, 5.41) is 6.53. The van der Waals surface area contributed by atoms with E-state index in [2.05, 4.69) is 59.5 Å². The molecular formula is C24H19N3O2. The summed E-state index contributed by atoms with van der Waals surface area (Å²) < 4.78 is 7.35. The molecule has 0 unspecified atom stereocenters. The van der Waals surface area contributed by atoms with Crippen LogP contribution in [0.5, 0.6) is 0 Å². The van der Waals surface area contributed by atoms with Crippen LogP contribution in [0.25, 0.3) is 27.9 Å². The number of nitrogens with zero attached hydrogens (tertiary/aromatic N) is 3. The molecule has 2 heterocycles. The molecule has 0 spiro atoms. The van der Waals surface area contributed by atoms with Gasteiger partial charge in [0, 0.05) is 11.8 Å². The minimum Gasteiger partial charge on any atom is -0.432 e. The van der Waals surface area contributed by atoms with Crippen molar-refractivity contribution < 1.29 is 9.25 Å². The summed E-state index contributed by atoms with van der Waals surface area (Å²) >= 11 is 0. The molecule has 0 saturated heterocycles. The summed E-state index contributed by atoms with van der Waals surface area (Å²) in [4.78, 5) is 10.2. The van der Waals surface area contributed by atoms with Crippen LogP contribution in [0.1, 0.15) is 16.8 Å². The number of oxazole rings is 1. The number of imidazole rings is 1. The molecule has 0 bridgehead atoms. The summed E-state index contributed by atoms with van der Waals surface area (Å²) in [7, 11) is 0. The smallest absolute Gasteiger partial charge is 0.306 e. The zero-order valence-corrected chi connectivity index (χ0v) is 15.9. The van der Waals surface area contributed by atoms with E-state index in [0.717, 1.165) is 27.9 Å². The van der Waals surface area contributed by atoms with Crippen LogP contribution >= 0.6 is 0 Å². The van der Waals surface area contributed by atoms with E-state index in [0.29, 0.717) is 12.5 Å². The van der Waals surface area contributed by atoms with Gasteiger partial charge in [-0.3, -0.25) is 4.40 Å². The van der Waals surface area contributed by atoms with E-state index in [1.165, 1.54) is 10.9 Å². The Morgan fingerprint density at radius 2 is 1.86 bits per heavy atom. The topological polar surface area (TPSA) is 52.0 Å². The molecule has 0 fully saturated rings. The molecule has 0 radical (unpaired) electrons. The number of benzene rings is 3. The molecule has 29 heavy (non-hydrogen) atoms. The van der Waals surface area contributed by atoms with Gasteiger partial charge in [-0.1, -0.05) is 71.4 Å². The third kappa shape index (κ3) is 3.38. The zero-order chi connectivity index (χ0) is 19.6. The maximum atomic E-state index is 5.52. The molecule has 0 N–H and O–H groups in total. The van der Waals surface area contributed by atoms with E-state index in [9.17, 15) is 0 Å². The van der Waals surface area contributed by atoms with Crippen molar-refractivity contribution in [3.63, 3.8) is 0 Å². The van der Waals surface area contributed by atoms with Gasteiger partial charge in [-0.15, -0.1) is 0 Å². The zero-order valence-electron chi connectivity index (χ0n) is 15.9. The van der Waals surface area contributed by atoms with Gasteiger partial charge in [0.05, 0.1) is 11.9 Å². The van der Waals surface area contributed by atoms with Crippen molar-refractivity contribution in [3.8, 4) is 11.3 Å². The van der Waals surface area contributed by atoms with Gasteiger partial charge < -0.3 is 9.25 Å². The number of hydrogen-bond donors (Lipinski definition) is 0. The van der Waals surface area contributed by atoms with Crippen molar-refractivity contribution in [3.05, 3.63) is 96.0 Å². The van der Waals surface area contributed by atoms with Crippen molar-refractivity contribution in [2.45, 2.75) is 13.5 Å². The maximum Gasteiger partial charge on any atom is 0.306 e. The monoisotopic (exact) mass is 381 g/mol.